The number of nitrogens with zero attached hydrogens (tertiary/aromatic N) is 3. The molecule has 0 bridgehead atoms. The predicted octanol–water partition coefficient (Wildman–Crippen LogP) is -2.27. The second-order valence-electron chi connectivity index (χ2n) is 7.53. The number of aryl methyl sites for hydroxylation is 3. The van der Waals surface area contributed by atoms with Gasteiger partial charge in [-0.25, -0.2) is 13.7 Å². The summed E-state index contributed by atoms with van der Waals surface area (Å²) in [7, 11) is 0. The summed E-state index contributed by atoms with van der Waals surface area (Å²) in [5, 5.41) is 38.9. The topological polar surface area (TPSA) is 152 Å². The number of aromatic nitrogens is 3. The summed E-state index contributed by atoms with van der Waals surface area (Å²) in [6.07, 6.45) is 9.62. The number of aliphatic carboxylic acids is 3. The molecule has 0 atom stereocenters. The first-order valence-electron chi connectivity index (χ1n) is 11.7. The molecular weight excluding hydrogens is 478 g/mol. The van der Waals surface area contributed by atoms with E-state index in [1.807, 2.05) is 54.6 Å². The minimum absolute atomic E-state index is 1.06. The Balaban J connectivity index is 0.000000478. The molecule has 37 heavy (non-hydrogen) atoms. The number of pyridine rings is 3. The molecule has 10 nitrogen and oxygen atoms in total. The van der Waals surface area contributed by atoms with Gasteiger partial charge in [-0.3, -0.25) is 0 Å². The highest BCUT2D eigenvalue weighted by Crippen LogP contribution is 2.13. The minimum Gasteiger partial charge on any atom is -0.550 e. The van der Waals surface area contributed by atoms with Gasteiger partial charge in [-0.1, -0.05) is 18.2 Å². The lowest BCUT2D eigenvalue weighted by Crippen LogP contribution is -2.54. The number of hydrogen-bond donors (Lipinski definition) is 1. The Bertz CT molecular complexity index is 924. The van der Waals surface area contributed by atoms with Gasteiger partial charge in [0.15, 0.2) is 37.2 Å². The molecule has 0 fully saturated rings. The minimum atomic E-state index is -2.97. The van der Waals surface area contributed by atoms with Crippen LogP contribution < -0.4 is 29.0 Å². The van der Waals surface area contributed by atoms with Crippen molar-refractivity contribution in [3.8, 4) is 0 Å². The first-order chi connectivity index (χ1) is 17.6. The molecule has 0 spiro atoms. The van der Waals surface area contributed by atoms with E-state index < -0.39 is 36.4 Å². The highest BCUT2D eigenvalue weighted by atomic mass is 16.4. The average Bonchev–Trinajstić information content (AvgIpc) is 2.90. The quantitative estimate of drug-likeness (QED) is 0.333. The van der Waals surface area contributed by atoms with Crippen LogP contribution in [0.3, 0.4) is 0 Å². The van der Waals surface area contributed by atoms with Crippen molar-refractivity contribution in [3.05, 3.63) is 91.8 Å². The van der Waals surface area contributed by atoms with Gasteiger partial charge in [0.05, 0.1) is 5.97 Å². The molecule has 3 rings (SSSR count). The zero-order valence-corrected chi connectivity index (χ0v) is 21.4. The number of carbonyl (C=O) groups excluding carboxylic acids is 3. The highest BCUT2D eigenvalue weighted by molar-refractivity contribution is 5.86. The van der Waals surface area contributed by atoms with Crippen LogP contribution in [0.5, 0.6) is 0 Å². The Morgan fingerprint density at radius 2 is 0.811 bits per heavy atom. The van der Waals surface area contributed by atoms with E-state index in [4.69, 9.17) is 5.11 Å². The van der Waals surface area contributed by atoms with Crippen LogP contribution >= 0.6 is 0 Å². The van der Waals surface area contributed by atoms with E-state index in [-0.39, 0.29) is 0 Å². The Morgan fingerprint density at radius 3 is 0.946 bits per heavy atom. The number of carboxylic acid groups (broad SMARTS) is 3. The van der Waals surface area contributed by atoms with E-state index in [2.05, 4.69) is 71.7 Å². The van der Waals surface area contributed by atoms with E-state index in [9.17, 15) is 29.7 Å². The van der Waals surface area contributed by atoms with E-state index in [1.165, 1.54) is 0 Å². The second kappa shape index (κ2) is 19.1. The van der Waals surface area contributed by atoms with Crippen molar-refractivity contribution >= 4 is 17.9 Å². The fourth-order valence-electron chi connectivity index (χ4n) is 2.62. The van der Waals surface area contributed by atoms with Crippen LogP contribution in [-0.4, -0.2) is 28.6 Å². The van der Waals surface area contributed by atoms with Gasteiger partial charge in [-0.05, 0) is 20.8 Å². The van der Waals surface area contributed by atoms with Gasteiger partial charge in [-0.15, -0.1) is 0 Å². The number of carboxylic acids is 3. The van der Waals surface area contributed by atoms with Crippen LogP contribution in [0.25, 0.3) is 0 Å². The Labute approximate surface area is 217 Å². The molecule has 0 radical (unpaired) electrons. The first-order valence-corrected chi connectivity index (χ1v) is 11.7. The van der Waals surface area contributed by atoms with Gasteiger partial charge < -0.3 is 34.8 Å². The SMILES string of the molecule is CC[n+]1ccccc1.CC[n+]1ccccc1.CC[n+]1ccccc1.O=C([O-])CC(O)(CC(=O)[O-])C(=O)[O-]. The molecule has 0 saturated heterocycles. The van der Waals surface area contributed by atoms with Crippen LogP contribution in [-0.2, 0) is 34.0 Å². The average molecular weight is 514 g/mol. The summed E-state index contributed by atoms with van der Waals surface area (Å²) < 4.78 is 6.38. The van der Waals surface area contributed by atoms with Gasteiger partial charge in [0.1, 0.15) is 25.2 Å². The van der Waals surface area contributed by atoms with E-state index in [1.54, 1.807) is 0 Å². The fraction of sp³-hybridized carbons (Fsp3) is 0.333. The summed E-state index contributed by atoms with van der Waals surface area (Å²) in [4.78, 5) is 30.0. The summed E-state index contributed by atoms with van der Waals surface area (Å²) >= 11 is 0. The maximum Gasteiger partial charge on any atom is 0.168 e. The van der Waals surface area contributed by atoms with Crippen LogP contribution in [0.15, 0.2) is 91.8 Å². The molecule has 0 aliphatic rings. The lowest BCUT2D eigenvalue weighted by molar-refractivity contribution is -0.693. The largest absolute Gasteiger partial charge is 0.550 e. The molecule has 3 heterocycles. The van der Waals surface area contributed by atoms with Crippen molar-refractivity contribution in [1.29, 1.82) is 0 Å². The number of rotatable bonds is 8. The van der Waals surface area contributed by atoms with E-state index in [0.29, 0.717) is 0 Å². The lowest BCUT2D eigenvalue weighted by Gasteiger charge is -2.29. The standard InChI is InChI=1S/3C7H10N.C6H8O7/c3*1-2-8-6-4-3-5-7-8;7-3(8)1-6(13,5(11)12)2-4(9)10/h3*3-7H,2H2,1H3;13H,1-2H2,(H,7,8)(H,9,10)(H,11,12)/q3*+1;/p-3. The maximum absolute atomic E-state index is 10.1. The lowest BCUT2D eigenvalue weighted by atomic mass is 9.96. The monoisotopic (exact) mass is 513 g/mol. The smallest absolute Gasteiger partial charge is 0.168 e. The third-order valence-electron chi connectivity index (χ3n) is 4.68. The number of aliphatic hydroxyl groups is 1. The molecule has 0 aliphatic carbocycles. The van der Waals surface area contributed by atoms with Crippen LogP contribution in [0, 0.1) is 0 Å². The summed E-state index contributed by atoms with van der Waals surface area (Å²) in [6.45, 7) is 9.54. The number of carbonyl (C=O) groups is 3. The van der Waals surface area contributed by atoms with Gasteiger partial charge in [-0.2, -0.15) is 0 Å². The Morgan fingerprint density at radius 1 is 0.568 bits per heavy atom. The van der Waals surface area contributed by atoms with Crippen molar-refractivity contribution < 1.29 is 48.5 Å². The molecule has 0 unspecified atom stereocenters. The summed E-state index contributed by atoms with van der Waals surface area (Å²) in [5.74, 6) is -5.98. The van der Waals surface area contributed by atoms with Gasteiger partial charge in [0.25, 0.3) is 0 Å². The third-order valence-corrected chi connectivity index (χ3v) is 4.68. The van der Waals surface area contributed by atoms with E-state index >= 15 is 0 Å². The Hall–Kier alpha value is -4.18. The number of hydrogen-bond acceptors (Lipinski definition) is 7. The second-order valence-corrected chi connectivity index (χ2v) is 7.53. The van der Waals surface area contributed by atoms with Crippen LogP contribution in [0.2, 0.25) is 0 Å². The molecule has 0 aliphatic heterocycles. The van der Waals surface area contributed by atoms with Crippen LogP contribution in [0.1, 0.15) is 33.6 Å². The molecule has 0 amide bonds. The molecule has 3 aromatic heterocycles. The molecule has 3 aromatic rings. The van der Waals surface area contributed by atoms with Crippen molar-refractivity contribution in [2.24, 2.45) is 0 Å². The van der Waals surface area contributed by atoms with Gasteiger partial charge >= 0.3 is 0 Å². The normalized spacial score (nSPS) is 9.73. The predicted molar refractivity (Wildman–Crippen MR) is 126 cm³/mol. The van der Waals surface area contributed by atoms with Gasteiger partial charge in [0, 0.05) is 61.2 Å². The first kappa shape index (κ1) is 32.8. The molecule has 200 valence electrons. The molecule has 0 aromatic carbocycles. The highest BCUT2D eigenvalue weighted by Gasteiger charge is 2.29. The van der Waals surface area contributed by atoms with Gasteiger partial charge in [0.2, 0.25) is 0 Å². The third kappa shape index (κ3) is 16.2. The zero-order chi connectivity index (χ0) is 28.1. The molecule has 1 N–H and O–H groups in total. The molecular formula is C27H35N3O7. The van der Waals surface area contributed by atoms with Crippen molar-refractivity contribution in [1.82, 2.24) is 0 Å². The molecule has 10 heteroatoms. The molecule has 0 saturated carbocycles. The summed E-state index contributed by atoms with van der Waals surface area (Å²) in [6, 6.07) is 18.2. The fourth-order valence-corrected chi connectivity index (χ4v) is 2.62. The maximum atomic E-state index is 10.1. The van der Waals surface area contributed by atoms with Crippen LogP contribution in [0.4, 0.5) is 0 Å². The van der Waals surface area contributed by atoms with Crippen molar-refractivity contribution in [3.63, 3.8) is 0 Å². The van der Waals surface area contributed by atoms with E-state index in [0.717, 1.165) is 19.6 Å². The zero-order valence-electron chi connectivity index (χ0n) is 21.4. The van der Waals surface area contributed by atoms with Crippen molar-refractivity contribution in [2.45, 2.75) is 58.8 Å². The Kier molecular flexibility index (Phi) is 16.9. The van der Waals surface area contributed by atoms with Crippen molar-refractivity contribution in [2.75, 3.05) is 0 Å². The summed E-state index contributed by atoms with van der Waals surface area (Å²) in [5.41, 5.74) is -2.97.